The average molecular weight is 274 g/mol. The smallest absolute Gasteiger partial charge is 0.339 e. The molecule has 5 heteroatoms. The third-order valence-corrected chi connectivity index (χ3v) is 3.01. The van der Waals surface area contributed by atoms with Crippen LogP contribution in [0, 0.1) is 12.7 Å². The minimum atomic E-state index is -1.03. The number of aromatic nitrogens is 2. The van der Waals surface area contributed by atoms with Gasteiger partial charge in [0.25, 0.3) is 0 Å². The number of nitrogens with zero attached hydrogens (tertiary/aromatic N) is 2. The van der Waals surface area contributed by atoms with E-state index in [-0.39, 0.29) is 11.4 Å². The topological polar surface area (TPSA) is 63.1 Å². The van der Waals surface area contributed by atoms with Crippen LogP contribution in [0.25, 0.3) is 11.4 Å². The first-order valence-corrected chi connectivity index (χ1v) is 6.38. The summed E-state index contributed by atoms with van der Waals surface area (Å²) in [7, 11) is 0. The molecule has 0 saturated heterocycles. The Balaban J connectivity index is 2.52. The molecular weight excluding hydrogens is 259 g/mol. The highest BCUT2D eigenvalue weighted by Crippen LogP contribution is 2.22. The Labute approximate surface area is 116 Å². The number of carbonyl (C=O) groups is 1. The molecule has 4 nitrogen and oxygen atoms in total. The van der Waals surface area contributed by atoms with Gasteiger partial charge >= 0.3 is 5.97 Å². The van der Waals surface area contributed by atoms with Crippen LogP contribution in [0.5, 0.6) is 0 Å². The Hall–Kier alpha value is -2.30. The second-order valence-corrected chi connectivity index (χ2v) is 4.57. The van der Waals surface area contributed by atoms with Crippen LogP contribution < -0.4 is 0 Å². The molecule has 104 valence electrons. The van der Waals surface area contributed by atoms with Crippen LogP contribution in [-0.4, -0.2) is 21.0 Å². The second kappa shape index (κ2) is 5.77. The molecule has 1 aromatic carbocycles. The van der Waals surface area contributed by atoms with Gasteiger partial charge in [-0.15, -0.1) is 0 Å². The zero-order chi connectivity index (χ0) is 14.7. The minimum Gasteiger partial charge on any atom is -0.478 e. The van der Waals surface area contributed by atoms with Crippen LogP contribution in [0.3, 0.4) is 0 Å². The molecule has 0 saturated carbocycles. The van der Waals surface area contributed by atoms with E-state index in [2.05, 4.69) is 9.97 Å². The number of halogens is 1. The van der Waals surface area contributed by atoms with E-state index in [0.29, 0.717) is 23.5 Å². The average Bonchev–Trinajstić information content (AvgIpc) is 2.38. The Morgan fingerprint density at radius 3 is 2.75 bits per heavy atom. The molecule has 0 radical (unpaired) electrons. The van der Waals surface area contributed by atoms with E-state index in [9.17, 15) is 9.18 Å². The molecule has 0 atom stereocenters. The maximum atomic E-state index is 13.1. The van der Waals surface area contributed by atoms with Crippen molar-refractivity contribution < 1.29 is 14.3 Å². The van der Waals surface area contributed by atoms with Gasteiger partial charge in [-0.1, -0.05) is 13.3 Å². The van der Waals surface area contributed by atoms with Gasteiger partial charge < -0.3 is 5.11 Å². The summed E-state index contributed by atoms with van der Waals surface area (Å²) in [5.74, 6) is -0.922. The van der Waals surface area contributed by atoms with Gasteiger partial charge in [-0.05, 0) is 37.1 Å². The quantitative estimate of drug-likeness (QED) is 0.929. The van der Waals surface area contributed by atoms with Gasteiger partial charge in [0, 0.05) is 11.8 Å². The number of carboxylic acids is 1. The zero-order valence-corrected chi connectivity index (χ0v) is 11.4. The summed E-state index contributed by atoms with van der Waals surface area (Å²) in [6.07, 6.45) is 2.68. The Bertz CT molecular complexity index is 656. The molecule has 2 aromatic rings. The number of benzene rings is 1. The minimum absolute atomic E-state index is 0.121. The SMILES string of the molecule is CCCc1nc(-c2ccc(F)cc2C)ncc1C(=O)O. The molecule has 0 aliphatic carbocycles. The highest BCUT2D eigenvalue weighted by molar-refractivity contribution is 5.88. The Kier molecular flexibility index (Phi) is 4.08. The van der Waals surface area contributed by atoms with E-state index in [1.807, 2.05) is 6.92 Å². The second-order valence-electron chi connectivity index (χ2n) is 4.57. The molecule has 1 heterocycles. The van der Waals surface area contributed by atoms with Gasteiger partial charge in [-0.25, -0.2) is 19.2 Å². The molecule has 2 rings (SSSR count). The van der Waals surface area contributed by atoms with Crippen LogP contribution in [0.2, 0.25) is 0 Å². The first kappa shape index (κ1) is 14.1. The first-order valence-electron chi connectivity index (χ1n) is 6.38. The van der Waals surface area contributed by atoms with Crippen LogP contribution in [0.1, 0.15) is 35.0 Å². The molecule has 0 aliphatic rings. The normalized spacial score (nSPS) is 10.6. The summed E-state index contributed by atoms with van der Waals surface area (Å²) in [4.78, 5) is 19.5. The standard InChI is InChI=1S/C15H15FN2O2/c1-3-4-13-12(15(19)20)8-17-14(18-13)11-6-5-10(16)7-9(11)2/h5-8H,3-4H2,1-2H3,(H,19,20). The summed E-state index contributed by atoms with van der Waals surface area (Å²) < 4.78 is 13.1. The van der Waals surface area contributed by atoms with Gasteiger partial charge in [0.15, 0.2) is 5.82 Å². The van der Waals surface area contributed by atoms with Gasteiger partial charge in [0.2, 0.25) is 0 Å². The van der Waals surface area contributed by atoms with Gasteiger partial charge in [-0.3, -0.25) is 0 Å². The summed E-state index contributed by atoms with van der Waals surface area (Å²) in [5, 5.41) is 9.12. The molecule has 0 amide bonds. The van der Waals surface area contributed by atoms with Gasteiger partial charge in [0.1, 0.15) is 5.82 Å². The fraction of sp³-hybridized carbons (Fsp3) is 0.267. The third-order valence-electron chi connectivity index (χ3n) is 3.01. The van der Waals surface area contributed by atoms with Gasteiger partial charge in [0.05, 0.1) is 11.3 Å². The van der Waals surface area contributed by atoms with Crippen molar-refractivity contribution in [3.8, 4) is 11.4 Å². The highest BCUT2D eigenvalue weighted by atomic mass is 19.1. The summed E-state index contributed by atoms with van der Waals surface area (Å²) in [5.41, 5.74) is 2.06. The van der Waals surface area contributed by atoms with E-state index in [1.165, 1.54) is 18.3 Å². The largest absolute Gasteiger partial charge is 0.478 e. The van der Waals surface area contributed by atoms with Crippen LogP contribution in [0.4, 0.5) is 4.39 Å². The number of carboxylic acid groups (broad SMARTS) is 1. The van der Waals surface area contributed by atoms with Crippen molar-refractivity contribution in [3.63, 3.8) is 0 Å². The van der Waals surface area contributed by atoms with Crippen molar-refractivity contribution in [2.45, 2.75) is 26.7 Å². The Morgan fingerprint density at radius 2 is 2.15 bits per heavy atom. The summed E-state index contributed by atoms with van der Waals surface area (Å²) in [6.45, 7) is 3.73. The van der Waals surface area contributed by atoms with Crippen molar-refractivity contribution in [1.29, 1.82) is 0 Å². The fourth-order valence-electron chi connectivity index (χ4n) is 2.03. The number of aryl methyl sites for hydroxylation is 2. The van der Waals surface area contributed by atoms with Crippen LogP contribution in [0.15, 0.2) is 24.4 Å². The lowest BCUT2D eigenvalue weighted by molar-refractivity contribution is 0.0694. The molecular formula is C15H15FN2O2. The molecule has 1 aromatic heterocycles. The van der Waals surface area contributed by atoms with Crippen LogP contribution >= 0.6 is 0 Å². The molecule has 1 N–H and O–H groups in total. The zero-order valence-electron chi connectivity index (χ0n) is 11.4. The predicted molar refractivity (Wildman–Crippen MR) is 73.1 cm³/mol. The van der Waals surface area contributed by atoms with E-state index in [0.717, 1.165) is 12.0 Å². The Morgan fingerprint density at radius 1 is 1.40 bits per heavy atom. The van der Waals surface area contributed by atoms with E-state index in [1.54, 1.807) is 13.0 Å². The third kappa shape index (κ3) is 2.82. The number of aromatic carboxylic acids is 1. The summed E-state index contributed by atoms with van der Waals surface area (Å²) >= 11 is 0. The van der Waals surface area contributed by atoms with Crippen molar-refractivity contribution >= 4 is 5.97 Å². The molecule has 0 bridgehead atoms. The van der Waals surface area contributed by atoms with Crippen LogP contribution in [-0.2, 0) is 6.42 Å². The maximum Gasteiger partial charge on any atom is 0.339 e. The van der Waals surface area contributed by atoms with Crippen molar-refractivity contribution in [2.75, 3.05) is 0 Å². The van der Waals surface area contributed by atoms with E-state index in [4.69, 9.17) is 5.11 Å². The predicted octanol–water partition coefficient (Wildman–Crippen LogP) is 3.24. The fourth-order valence-corrected chi connectivity index (χ4v) is 2.03. The highest BCUT2D eigenvalue weighted by Gasteiger charge is 2.14. The molecule has 20 heavy (non-hydrogen) atoms. The monoisotopic (exact) mass is 274 g/mol. The lowest BCUT2D eigenvalue weighted by atomic mass is 10.1. The van der Waals surface area contributed by atoms with E-state index < -0.39 is 5.97 Å². The van der Waals surface area contributed by atoms with Gasteiger partial charge in [-0.2, -0.15) is 0 Å². The van der Waals surface area contributed by atoms with E-state index >= 15 is 0 Å². The maximum absolute atomic E-state index is 13.1. The van der Waals surface area contributed by atoms with Crippen molar-refractivity contribution in [1.82, 2.24) is 9.97 Å². The first-order chi connectivity index (χ1) is 9.52. The number of hydrogen-bond donors (Lipinski definition) is 1. The number of hydrogen-bond acceptors (Lipinski definition) is 3. The lowest BCUT2D eigenvalue weighted by Crippen LogP contribution is -2.07. The van der Waals surface area contributed by atoms with Crippen molar-refractivity contribution in [2.24, 2.45) is 0 Å². The lowest BCUT2D eigenvalue weighted by Gasteiger charge is -2.08. The number of rotatable bonds is 4. The molecule has 0 unspecified atom stereocenters. The molecule has 0 spiro atoms. The summed E-state index contributed by atoms with van der Waals surface area (Å²) in [6, 6.07) is 4.36. The molecule has 0 fully saturated rings. The molecule has 0 aliphatic heterocycles. The van der Waals surface area contributed by atoms with Crippen molar-refractivity contribution in [3.05, 3.63) is 47.0 Å².